The van der Waals surface area contributed by atoms with Crippen LogP contribution in [0.25, 0.3) is 0 Å². The molecule has 0 heterocycles. The van der Waals surface area contributed by atoms with Crippen LogP contribution >= 0.6 is 15.9 Å². The van der Waals surface area contributed by atoms with E-state index in [9.17, 15) is 17.6 Å². The molecule has 0 fully saturated rings. The largest absolute Gasteiger partial charge is 0.323 e. The second-order valence-corrected chi connectivity index (χ2v) is 5.14. The summed E-state index contributed by atoms with van der Waals surface area (Å²) in [5.41, 5.74) is 2.35. The van der Waals surface area contributed by atoms with Crippen molar-refractivity contribution >= 4 is 15.9 Å². The molecular weight excluding hydrogens is 300 g/mol. The lowest BCUT2D eigenvalue weighted by Crippen LogP contribution is -2.31. The van der Waals surface area contributed by atoms with Gasteiger partial charge in [0.15, 0.2) is 0 Å². The van der Waals surface area contributed by atoms with E-state index < -0.39 is 17.2 Å². The summed E-state index contributed by atoms with van der Waals surface area (Å²) in [5.74, 6) is -4.05. The van der Waals surface area contributed by atoms with Gasteiger partial charge < -0.3 is 0 Å². The van der Waals surface area contributed by atoms with E-state index >= 15 is 0 Å². The van der Waals surface area contributed by atoms with Gasteiger partial charge >= 0.3 is 12.3 Å². The number of halogens is 5. The van der Waals surface area contributed by atoms with E-state index in [1.54, 1.807) is 12.1 Å². The van der Waals surface area contributed by atoms with E-state index in [0.29, 0.717) is 0 Å². The van der Waals surface area contributed by atoms with E-state index in [1.165, 1.54) is 6.07 Å². The van der Waals surface area contributed by atoms with Gasteiger partial charge in [-0.2, -0.15) is 8.78 Å². The first-order valence-electron chi connectivity index (χ1n) is 5.34. The Bertz CT molecular complexity index is 417. The summed E-state index contributed by atoms with van der Waals surface area (Å²) in [6.07, 6.45) is -0.895. The van der Waals surface area contributed by atoms with Crippen LogP contribution in [0, 0.1) is 0 Å². The van der Waals surface area contributed by atoms with Gasteiger partial charge in [0.2, 0.25) is 0 Å². The van der Waals surface area contributed by atoms with Gasteiger partial charge in [0.25, 0.3) is 0 Å². The number of rotatable bonds is 3. The average molecular weight is 311 g/mol. The Balaban J connectivity index is 2.29. The first-order chi connectivity index (χ1) is 7.93. The van der Waals surface area contributed by atoms with Crippen molar-refractivity contribution in [2.75, 3.05) is 0 Å². The molecule has 0 saturated carbocycles. The number of fused-ring (bicyclic) bond motifs is 1. The van der Waals surface area contributed by atoms with E-state index in [1.807, 2.05) is 0 Å². The van der Waals surface area contributed by atoms with Crippen molar-refractivity contribution in [3.63, 3.8) is 0 Å². The van der Waals surface area contributed by atoms with Crippen LogP contribution in [0.3, 0.4) is 0 Å². The third-order valence-electron chi connectivity index (χ3n) is 3.04. The number of alkyl halides is 5. The monoisotopic (exact) mass is 310 g/mol. The van der Waals surface area contributed by atoms with Crippen LogP contribution in [0.4, 0.5) is 17.6 Å². The van der Waals surface area contributed by atoms with Gasteiger partial charge in [-0.15, -0.1) is 0 Å². The second-order valence-electron chi connectivity index (χ2n) is 4.22. The number of hydrogen-bond acceptors (Lipinski definition) is 0. The molecule has 0 N–H and O–H groups in total. The fraction of sp³-hybridized carbons (Fsp3) is 0.500. The van der Waals surface area contributed by atoms with E-state index in [0.717, 1.165) is 30.4 Å². The molecule has 0 nitrogen and oxygen atoms in total. The molecule has 1 aromatic carbocycles. The van der Waals surface area contributed by atoms with E-state index in [-0.39, 0.29) is 5.56 Å². The van der Waals surface area contributed by atoms with Gasteiger partial charge in [0.1, 0.15) is 4.83 Å². The first-order valence-corrected chi connectivity index (χ1v) is 6.26. The molecule has 0 aliphatic heterocycles. The molecule has 1 atom stereocenters. The van der Waals surface area contributed by atoms with Crippen LogP contribution < -0.4 is 0 Å². The maximum absolute atomic E-state index is 13.2. The van der Waals surface area contributed by atoms with Crippen molar-refractivity contribution in [2.24, 2.45) is 0 Å². The van der Waals surface area contributed by atoms with Crippen molar-refractivity contribution in [2.45, 2.75) is 36.4 Å². The van der Waals surface area contributed by atoms with Gasteiger partial charge in [-0.1, -0.05) is 34.1 Å². The summed E-state index contributed by atoms with van der Waals surface area (Å²) in [7, 11) is 0. The Morgan fingerprint density at radius 3 is 2.41 bits per heavy atom. The quantitative estimate of drug-likeness (QED) is 0.569. The summed E-state index contributed by atoms with van der Waals surface area (Å²) < 4.78 is 50.8. The summed E-state index contributed by atoms with van der Waals surface area (Å²) in [6, 6.07) is 4.87. The molecule has 0 spiro atoms. The predicted molar refractivity (Wildman–Crippen MR) is 61.1 cm³/mol. The molecule has 0 radical (unpaired) electrons. The third-order valence-corrected chi connectivity index (χ3v) is 4.18. The average Bonchev–Trinajstić information content (AvgIpc) is 2.74. The van der Waals surface area contributed by atoms with Gasteiger partial charge in [-0.25, -0.2) is 8.78 Å². The second kappa shape index (κ2) is 4.59. The minimum absolute atomic E-state index is 0.218. The van der Waals surface area contributed by atoms with Gasteiger partial charge in [-0.05, 0) is 36.0 Å². The lowest BCUT2D eigenvalue weighted by Gasteiger charge is -2.22. The van der Waals surface area contributed by atoms with Crippen LogP contribution in [-0.4, -0.2) is 12.3 Å². The van der Waals surface area contributed by atoms with Crippen molar-refractivity contribution in [3.8, 4) is 0 Å². The van der Waals surface area contributed by atoms with Crippen molar-refractivity contribution in [1.82, 2.24) is 0 Å². The fourth-order valence-electron chi connectivity index (χ4n) is 2.08. The molecule has 2 rings (SSSR count). The lowest BCUT2D eigenvalue weighted by molar-refractivity contribution is -0.127. The zero-order valence-corrected chi connectivity index (χ0v) is 10.5. The molecule has 1 aliphatic carbocycles. The molecule has 1 aliphatic rings. The Morgan fingerprint density at radius 1 is 1.12 bits per heavy atom. The van der Waals surface area contributed by atoms with Gasteiger partial charge in [0, 0.05) is 0 Å². The zero-order chi connectivity index (χ0) is 12.6. The summed E-state index contributed by atoms with van der Waals surface area (Å²) >= 11 is 2.69. The third kappa shape index (κ3) is 2.34. The highest BCUT2D eigenvalue weighted by Crippen LogP contribution is 2.43. The van der Waals surface area contributed by atoms with Crippen molar-refractivity contribution in [1.29, 1.82) is 0 Å². The highest BCUT2D eigenvalue weighted by atomic mass is 79.9. The van der Waals surface area contributed by atoms with E-state index in [4.69, 9.17) is 0 Å². The van der Waals surface area contributed by atoms with Crippen molar-refractivity contribution in [3.05, 3.63) is 34.9 Å². The number of aryl methyl sites for hydroxylation is 2. The highest BCUT2D eigenvalue weighted by molar-refractivity contribution is 9.09. The smallest absolute Gasteiger partial charge is 0.204 e. The van der Waals surface area contributed by atoms with Crippen LogP contribution in [0.2, 0.25) is 0 Å². The standard InChI is InChI=1S/C12H11BrF4/c13-10(12(16,17)11(14)15)9-5-4-7-2-1-3-8(7)6-9/h4-6,10-11H,1-3H2. The maximum atomic E-state index is 13.2. The minimum atomic E-state index is -4.05. The van der Waals surface area contributed by atoms with Crippen LogP contribution in [-0.2, 0) is 12.8 Å². The molecule has 94 valence electrons. The summed E-state index contributed by atoms with van der Waals surface area (Å²) in [6.45, 7) is 0. The normalized spacial score (nSPS) is 17.3. The van der Waals surface area contributed by atoms with Gasteiger partial charge in [0.05, 0.1) is 0 Å². The maximum Gasteiger partial charge on any atom is 0.323 e. The molecule has 0 saturated heterocycles. The zero-order valence-electron chi connectivity index (χ0n) is 8.90. The number of benzene rings is 1. The Hall–Kier alpha value is -0.580. The molecular formula is C12H11BrF4. The minimum Gasteiger partial charge on any atom is -0.204 e. The van der Waals surface area contributed by atoms with Crippen LogP contribution in [0.1, 0.15) is 27.9 Å². The van der Waals surface area contributed by atoms with Gasteiger partial charge in [-0.3, -0.25) is 0 Å². The first kappa shape index (κ1) is 12.9. The molecule has 0 amide bonds. The molecule has 0 bridgehead atoms. The summed E-state index contributed by atoms with van der Waals surface area (Å²) in [5, 5.41) is 0. The Kier molecular flexibility index (Phi) is 3.48. The SMILES string of the molecule is FC(F)C(F)(F)C(Br)c1ccc2c(c1)CCC2. The van der Waals surface area contributed by atoms with E-state index in [2.05, 4.69) is 15.9 Å². The molecule has 1 unspecified atom stereocenters. The highest BCUT2D eigenvalue weighted by Gasteiger charge is 2.48. The molecule has 5 heteroatoms. The predicted octanol–water partition coefficient (Wildman–Crippen LogP) is 4.51. The molecule has 17 heavy (non-hydrogen) atoms. The topological polar surface area (TPSA) is 0 Å². The number of hydrogen-bond donors (Lipinski definition) is 0. The van der Waals surface area contributed by atoms with Crippen molar-refractivity contribution < 1.29 is 17.6 Å². The Morgan fingerprint density at radius 2 is 1.76 bits per heavy atom. The van der Waals surface area contributed by atoms with Crippen LogP contribution in [0.5, 0.6) is 0 Å². The molecule has 0 aromatic heterocycles. The lowest BCUT2D eigenvalue weighted by atomic mass is 10.0. The fourth-order valence-corrected chi connectivity index (χ4v) is 2.57. The molecule has 1 aromatic rings. The summed E-state index contributed by atoms with van der Waals surface area (Å²) in [4.78, 5) is -1.64. The van der Waals surface area contributed by atoms with Crippen LogP contribution in [0.15, 0.2) is 18.2 Å². The Labute approximate surface area is 105 Å².